The summed E-state index contributed by atoms with van der Waals surface area (Å²) in [6, 6.07) is 13.1. The van der Waals surface area contributed by atoms with Gasteiger partial charge in [0, 0.05) is 24.8 Å². The van der Waals surface area contributed by atoms with Crippen molar-refractivity contribution in [2.75, 3.05) is 18.4 Å². The molecule has 1 aliphatic rings. The molecule has 3 amide bonds. The molecule has 1 aromatic carbocycles. The van der Waals surface area contributed by atoms with E-state index in [1.807, 2.05) is 42.5 Å². The molecule has 1 fully saturated rings. The van der Waals surface area contributed by atoms with Gasteiger partial charge in [-0.05, 0) is 53.0 Å². The number of likely N-dealkylation sites (tertiary alicyclic amines) is 1. The number of halogens is 1. The zero-order valence-electron chi connectivity index (χ0n) is 13.0. The average molecular weight is 408 g/mol. The number of rotatable bonds is 3. The van der Waals surface area contributed by atoms with Crippen LogP contribution in [0, 0.1) is 0 Å². The van der Waals surface area contributed by atoms with E-state index in [1.165, 1.54) is 11.3 Å². The van der Waals surface area contributed by atoms with Crippen molar-refractivity contribution < 1.29 is 9.59 Å². The van der Waals surface area contributed by atoms with Crippen molar-refractivity contribution in [2.24, 2.45) is 0 Å². The predicted octanol–water partition coefficient (Wildman–Crippen LogP) is 3.94. The van der Waals surface area contributed by atoms with Crippen LogP contribution in [0.25, 0.3) is 0 Å². The second kappa shape index (κ2) is 7.81. The highest BCUT2D eigenvalue weighted by molar-refractivity contribution is 9.11. The zero-order valence-corrected chi connectivity index (χ0v) is 15.4. The Morgan fingerprint density at radius 3 is 2.42 bits per heavy atom. The molecule has 3 rings (SSSR count). The fourth-order valence-electron chi connectivity index (χ4n) is 2.64. The fourth-order valence-corrected chi connectivity index (χ4v) is 3.93. The normalized spacial score (nSPS) is 15.1. The molecular formula is C17H18BrN3O2S. The first kappa shape index (κ1) is 17.0. The molecule has 5 nitrogen and oxygen atoms in total. The summed E-state index contributed by atoms with van der Waals surface area (Å²) in [5, 5.41) is 5.94. The van der Waals surface area contributed by atoms with Crippen LogP contribution in [0.15, 0.2) is 46.3 Å². The maximum absolute atomic E-state index is 12.2. The molecule has 0 saturated carbocycles. The first-order valence-corrected chi connectivity index (χ1v) is 9.40. The third kappa shape index (κ3) is 4.36. The van der Waals surface area contributed by atoms with Crippen molar-refractivity contribution in [3.05, 3.63) is 51.1 Å². The average Bonchev–Trinajstić information content (AvgIpc) is 3.03. The summed E-state index contributed by atoms with van der Waals surface area (Å²) in [6.07, 6.45) is 1.53. The molecule has 126 valence electrons. The molecule has 0 spiro atoms. The number of amides is 3. The zero-order chi connectivity index (χ0) is 16.9. The van der Waals surface area contributed by atoms with Gasteiger partial charge in [-0.3, -0.25) is 4.79 Å². The molecule has 0 radical (unpaired) electrons. The molecule has 0 bridgehead atoms. The van der Waals surface area contributed by atoms with Crippen molar-refractivity contribution >= 4 is 44.9 Å². The van der Waals surface area contributed by atoms with E-state index in [2.05, 4.69) is 26.6 Å². The molecule has 2 heterocycles. The van der Waals surface area contributed by atoms with Gasteiger partial charge in [-0.2, -0.15) is 0 Å². The van der Waals surface area contributed by atoms with Gasteiger partial charge in [-0.25, -0.2) is 4.79 Å². The third-order valence-corrected chi connectivity index (χ3v) is 5.56. The summed E-state index contributed by atoms with van der Waals surface area (Å²) in [5.74, 6) is -0.0436. The number of carbonyl (C=O) groups is 2. The molecule has 0 atom stereocenters. The number of urea groups is 1. The third-order valence-electron chi connectivity index (χ3n) is 3.94. The van der Waals surface area contributed by atoms with Crippen LogP contribution in [-0.4, -0.2) is 36.0 Å². The lowest BCUT2D eigenvalue weighted by atomic mass is 10.1. The summed E-state index contributed by atoms with van der Waals surface area (Å²) >= 11 is 4.79. The molecule has 0 unspecified atom stereocenters. The Labute approximate surface area is 153 Å². The van der Waals surface area contributed by atoms with Gasteiger partial charge in [0.05, 0.1) is 8.66 Å². The van der Waals surface area contributed by atoms with E-state index in [0.29, 0.717) is 18.0 Å². The number of anilines is 1. The number of nitrogens with one attached hydrogen (secondary N) is 2. The van der Waals surface area contributed by atoms with Gasteiger partial charge < -0.3 is 15.5 Å². The standard InChI is InChI=1S/C17H18BrN3O2S/c18-15-7-6-14(24-15)16(22)19-13-8-10-21(11-9-13)17(23)20-12-4-2-1-3-5-12/h1-7,13H,8-11H2,(H,19,22)(H,20,23). The molecule has 1 aliphatic heterocycles. The number of benzene rings is 1. The monoisotopic (exact) mass is 407 g/mol. The lowest BCUT2D eigenvalue weighted by molar-refractivity contribution is 0.0923. The second-order valence-corrected chi connectivity index (χ2v) is 8.10. The number of hydrogen-bond donors (Lipinski definition) is 2. The number of thiophene rings is 1. The van der Waals surface area contributed by atoms with Crippen LogP contribution in [-0.2, 0) is 0 Å². The molecule has 2 aromatic rings. The van der Waals surface area contributed by atoms with Gasteiger partial charge >= 0.3 is 6.03 Å². The summed E-state index contributed by atoms with van der Waals surface area (Å²) in [7, 11) is 0. The highest BCUT2D eigenvalue weighted by Gasteiger charge is 2.24. The molecular weight excluding hydrogens is 390 g/mol. The fraction of sp³-hybridized carbons (Fsp3) is 0.294. The van der Waals surface area contributed by atoms with Crippen LogP contribution in [0.5, 0.6) is 0 Å². The topological polar surface area (TPSA) is 61.4 Å². The Morgan fingerprint density at radius 1 is 1.08 bits per heavy atom. The highest BCUT2D eigenvalue weighted by Crippen LogP contribution is 2.22. The molecule has 1 aromatic heterocycles. The Hall–Kier alpha value is -1.86. The number of hydrogen-bond acceptors (Lipinski definition) is 3. The minimum Gasteiger partial charge on any atom is -0.348 e. The van der Waals surface area contributed by atoms with E-state index in [1.54, 1.807) is 4.90 Å². The highest BCUT2D eigenvalue weighted by atomic mass is 79.9. The van der Waals surface area contributed by atoms with Crippen molar-refractivity contribution in [3.8, 4) is 0 Å². The first-order valence-electron chi connectivity index (χ1n) is 7.79. The van der Waals surface area contributed by atoms with Gasteiger partial charge in [0.1, 0.15) is 0 Å². The quantitative estimate of drug-likeness (QED) is 0.809. The van der Waals surface area contributed by atoms with E-state index < -0.39 is 0 Å². The molecule has 1 saturated heterocycles. The molecule has 0 aliphatic carbocycles. The molecule has 24 heavy (non-hydrogen) atoms. The number of carbonyl (C=O) groups excluding carboxylic acids is 2. The molecule has 7 heteroatoms. The van der Waals surface area contributed by atoms with E-state index in [0.717, 1.165) is 22.3 Å². The maximum atomic E-state index is 12.2. The van der Waals surface area contributed by atoms with Crippen molar-refractivity contribution in [2.45, 2.75) is 18.9 Å². The van der Waals surface area contributed by atoms with Crippen molar-refractivity contribution in [1.29, 1.82) is 0 Å². The van der Waals surface area contributed by atoms with Crippen LogP contribution in [0.4, 0.5) is 10.5 Å². The van der Waals surface area contributed by atoms with Crippen molar-refractivity contribution in [3.63, 3.8) is 0 Å². The second-order valence-electron chi connectivity index (χ2n) is 5.63. The van der Waals surface area contributed by atoms with Crippen LogP contribution in [0.2, 0.25) is 0 Å². The summed E-state index contributed by atoms with van der Waals surface area (Å²) in [4.78, 5) is 26.9. The van der Waals surface area contributed by atoms with E-state index >= 15 is 0 Å². The Balaban J connectivity index is 1.47. The maximum Gasteiger partial charge on any atom is 0.321 e. The number of piperidine rings is 1. The summed E-state index contributed by atoms with van der Waals surface area (Å²) in [5.41, 5.74) is 0.793. The van der Waals surface area contributed by atoms with Crippen molar-refractivity contribution in [1.82, 2.24) is 10.2 Å². The van der Waals surface area contributed by atoms with E-state index in [4.69, 9.17) is 0 Å². The lowest BCUT2D eigenvalue weighted by Crippen LogP contribution is -2.47. The van der Waals surface area contributed by atoms with Gasteiger partial charge in [-0.1, -0.05) is 18.2 Å². The number of para-hydroxylation sites is 1. The van der Waals surface area contributed by atoms with Gasteiger partial charge in [-0.15, -0.1) is 11.3 Å². The molecule has 2 N–H and O–H groups in total. The summed E-state index contributed by atoms with van der Waals surface area (Å²) in [6.45, 7) is 1.27. The SMILES string of the molecule is O=C(NC1CCN(C(=O)Nc2ccccc2)CC1)c1ccc(Br)s1. The Morgan fingerprint density at radius 2 is 1.79 bits per heavy atom. The van der Waals surface area contributed by atoms with Crippen LogP contribution < -0.4 is 10.6 Å². The van der Waals surface area contributed by atoms with E-state index in [-0.39, 0.29) is 18.0 Å². The summed E-state index contributed by atoms with van der Waals surface area (Å²) < 4.78 is 0.944. The van der Waals surface area contributed by atoms with Crippen LogP contribution >= 0.6 is 27.3 Å². The Kier molecular flexibility index (Phi) is 5.52. The smallest absolute Gasteiger partial charge is 0.321 e. The van der Waals surface area contributed by atoms with Crippen LogP contribution in [0.1, 0.15) is 22.5 Å². The number of nitrogens with zero attached hydrogens (tertiary/aromatic N) is 1. The minimum atomic E-state index is -0.0897. The van der Waals surface area contributed by atoms with Crippen LogP contribution in [0.3, 0.4) is 0 Å². The van der Waals surface area contributed by atoms with Gasteiger partial charge in [0.2, 0.25) is 0 Å². The van der Waals surface area contributed by atoms with Gasteiger partial charge in [0.15, 0.2) is 0 Å². The largest absolute Gasteiger partial charge is 0.348 e. The van der Waals surface area contributed by atoms with Gasteiger partial charge in [0.25, 0.3) is 5.91 Å². The minimum absolute atomic E-state index is 0.0436. The first-order chi connectivity index (χ1) is 11.6. The lowest BCUT2D eigenvalue weighted by Gasteiger charge is -2.32. The van der Waals surface area contributed by atoms with E-state index in [9.17, 15) is 9.59 Å². The Bertz CT molecular complexity index is 712. The predicted molar refractivity (Wildman–Crippen MR) is 99.5 cm³/mol.